The van der Waals surface area contributed by atoms with Crippen LogP contribution in [0.2, 0.25) is 0 Å². The van der Waals surface area contributed by atoms with Gasteiger partial charge in [0.2, 0.25) is 0 Å². The number of fused-ring (bicyclic) bond motifs is 1. The SMILES string of the molecule is O=c1c2ccccc2sn1Nc1ccccc1. The molecule has 0 fully saturated rings. The first-order chi connectivity index (χ1) is 8.34. The van der Waals surface area contributed by atoms with E-state index in [0.29, 0.717) is 0 Å². The Morgan fingerprint density at radius 3 is 2.41 bits per heavy atom. The van der Waals surface area contributed by atoms with Gasteiger partial charge in [0.15, 0.2) is 0 Å². The summed E-state index contributed by atoms with van der Waals surface area (Å²) in [6.45, 7) is 0. The molecule has 17 heavy (non-hydrogen) atoms. The molecule has 0 bridgehead atoms. The van der Waals surface area contributed by atoms with E-state index in [0.717, 1.165) is 15.8 Å². The van der Waals surface area contributed by atoms with Crippen LogP contribution in [0.1, 0.15) is 0 Å². The maximum atomic E-state index is 12.0. The van der Waals surface area contributed by atoms with Crippen LogP contribution >= 0.6 is 11.5 Å². The van der Waals surface area contributed by atoms with E-state index >= 15 is 0 Å². The largest absolute Gasteiger partial charge is 0.287 e. The summed E-state index contributed by atoms with van der Waals surface area (Å²) in [5.74, 6) is 0. The molecule has 0 saturated heterocycles. The van der Waals surface area contributed by atoms with Crippen molar-refractivity contribution in [2.75, 3.05) is 5.43 Å². The minimum atomic E-state index is -0.00514. The summed E-state index contributed by atoms with van der Waals surface area (Å²) in [4.78, 5) is 12.0. The molecule has 0 unspecified atom stereocenters. The molecular formula is C13H10N2OS. The van der Waals surface area contributed by atoms with Crippen LogP contribution < -0.4 is 11.0 Å². The van der Waals surface area contributed by atoms with Gasteiger partial charge in [0.25, 0.3) is 5.56 Å². The number of para-hydroxylation sites is 1. The minimum Gasteiger partial charge on any atom is -0.282 e. The van der Waals surface area contributed by atoms with E-state index in [1.54, 1.807) is 4.07 Å². The van der Waals surface area contributed by atoms with Crippen molar-refractivity contribution in [2.45, 2.75) is 0 Å². The number of rotatable bonds is 2. The zero-order valence-corrected chi connectivity index (χ0v) is 9.78. The van der Waals surface area contributed by atoms with E-state index in [1.807, 2.05) is 54.6 Å². The van der Waals surface area contributed by atoms with Gasteiger partial charge in [0.1, 0.15) is 0 Å². The Hall–Kier alpha value is -2.07. The molecule has 3 aromatic rings. The molecule has 0 aliphatic carbocycles. The van der Waals surface area contributed by atoms with Gasteiger partial charge in [-0.3, -0.25) is 10.2 Å². The highest BCUT2D eigenvalue weighted by molar-refractivity contribution is 7.13. The lowest BCUT2D eigenvalue weighted by Crippen LogP contribution is -2.19. The average Bonchev–Trinajstić information content (AvgIpc) is 2.68. The fourth-order valence-electron chi connectivity index (χ4n) is 1.68. The Kier molecular flexibility index (Phi) is 2.42. The molecule has 0 amide bonds. The normalized spacial score (nSPS) is 10.6. The molecule has 0 atom stereocenters. The molecule has 0 aliphatic heterocycles. The first-order valence-electron chi connectivity index (χ1n) is 5.28. The summed E-state index contributed by atoms with van der Waals surface area (Å²) < 4.78 is 2.54. The van der Waals surface area contributed by atoms with Gasteiger partial charge in [-0.25, -0.2) is 0 Å². The first-order valence-corrected chi connectivity index (χ1v) is 6.05. The Labute approximate surface area is 102 Å². The molecule has 0 aliphatic rings. The fraction of sp³-hybridized carbons (Fsp3) is 0. The lowest BCUT2D eigenvalue weighted by Gasteiger charge is -2.03. The Balaban J connectivity index is 2.07. The lowest BCUT2D eigenvalue weighted by atomic mass is 10.3. The monoisotopic (exact) mass is 242 g/mol. The highest BCUT2D eigenvalue weighted by atomic mass is 32.1. The van der Waals surface area contributed by atoms with Crippen LogP contribution in [0.4, 0.5) is 5.69 Å². The van der Waals surface area contributed by atoms with Crippen molar-refractivity contribution < 1.29 is 0 Å². The van der Waals surface area contributed by atoms with E-state index in [9.17, 15) is 4.79 Å². The quantitative estimate of drug-likeness (QED) is 0.749. The number of hydrogen-bond donors (Lipinski definition) is 1. The van der Waals surface area contributed by atoms with Crippen molar-refractivity contribution in [1.82, 2.24) is 4.07 Å². The predicted molar refractivity (Wildman–Crippen MR) is 71.5 cm³/mol. The molecule has 1 N–H and O–H groups in total. The van der Waals surface area contributed by atoms with Gasteiger partial charge >= 0.3 is 0 Å². The maximum absolute atomic E-state index is 12.0. The number of benzene rings is 2. The molecule has 84 valence electrons. The molecule has 0 spiro atoms. The second-order valence-electron chi connectivity index (χ2n) is 3.66. The molecule has 4 heteroatoms. The average molecular weight is 242 g/mol. The van der Waals surface area contributed by atoms with Crippen LogP contribution in [0.3, 0.4) is 0 Å². The van der Waals surface area contributed by atoms with Gasteiger partial charge in [-0.15, -0.1) is 0 Å². The fourth-order valence-corrected chi connectivity index (χ4v) is 2.60. The summed E-state index contributed by atoms with van der Waals surface area (Å²) in [6, 6.07) is 17.3. The van der Waals surface area contributed by atoms with Crippen molar-refractivity contribution >= 4 is 27.3 Å². The summed E-state index contributed by atoms with van der Waals surface area (Å²) in [5, 5.41) is 0.751. The van der Waals surface area contributed by atoms with Crippen molar-refractivity contribution in [1.29, 1.82) is 0 Å². The number of anilines is 1. The van der Waals surface area contributed by atoms with Crippen molar-refractivity contribution in [2.24, 2.45) is 0 Å². The van der Waals surface area contributed by atoms with Crippen LogP contribution in [0.5, 0.6) is 0 Å². The number of aromatic nitrogens is 1. The third kappa shape index (κ3) is 1.83. The van der Waals surface area contributed by atoms with Crippen molar-refractivity contribution in [3.8, 4) is 0 Å². The zero-order valence-electron chi connectivity index (χ0n) is 8.96. The topological polar surface area (TPSA) is 34.0 Å². The predicted octanol–water partition coefficient (Wildman–Crippen LogP) is 2.94. The minimum absolute atomic E-state index is 0.00514. The van der Waals surface area contributed by atoms with E-state index in [2.05, 4.69) is 5.43 Å². The molecule has 3 rings (SSSR count). The molecule has 0 radical (unpaired) electrons. The van der Waals surface area contributed by atoms with Crippen molar-refractivity contribution in [3.63, 3.8) is 0 Å². The first kappa shape index (κ1) is 10.1. The number of hydrogen-bond acceptors (Lipinski definition) is 3. The van der Waals surface area contributed by atoms with Crippen LogP contribution in [-0.4, -0.2) is 4.07 Å². The van der Waals surface area contributed by atoms with Gasteiger partial charge < -0.3 is 0 Å². The van der Waals surface area contributed by atoms with Gasteiger partial charge in [-0.05, 0) is 35.8 Å². The molecule has 2 aromatic carbocycles. The second kappa shape index (κ2) is 4.07. The third-order valence-corrected chi connectivity index (χ3v) is 3.49. The van der Waals surface area contributed by atoms with Crippen LogP contribution in [-0.2, 0) is 0 Å². The van der Waals surface area contributed by atoms with Crippen LogP contribution in [0.25, 0.3) is 10.1 Å². The van der Waals surface area contributed by atoms with E-state index in [-0.39, 0.29) is 5.56 Å². The summed E-state index contributed by atoms with van der Waals surface area (Å²) in [6.07, 6.45) is 0. The molecule has 1 aromatic heterocycles. The number of nitrogens with one attached hydrogen (secondary N) is 1. The highest BCUT2D eigenvalue weighted by Gasteiger charge is 2.05. The number of nitrogens with zero attached hydrogens (tertiary/aromatic N) is 1. The second-order valence-corrected chi connectivity index (χ2v) is 4.65. The third-order valence-electron chi connectivity index (χ3n) is 2.50. The zero-order chi connectivity index (χ0) is 11.7. The van der Waals surface area contributed by atoms with Crippen molar-refractivity contribution in [3.05, 3.63) is 65.0 Å². The van der Waals surface area contributed by atoms with E-state index in [1.165, 1.54) is 11.5 Å². The van der Waals surface area contributed by atoms with Gasteiger partial charge in [0.05, 0.1) is 15.8 Å². The van der Waals surface area contributed by atoms with Crippen LogP contribution in [0, 0.1) is 0 Å². The van der Waals surface area contributed by atoms with Crippen LogP contribution in [0.15, 0.2) is 59.4 Å². The highest BCUT2D eigenvalue weighted by Crippen LogP contribution is 2.16. The van der Waals surface area contributed by atoms with Gasteiger partial charge in [-0.2, -0.15) is 4.07 Å². The standard InChI is InChI=1S/C13H10N2OS/c16-13-11-8-4-5-9-12(11)17-15(13)14-10-6-2-1-3-7-10/h1-9,14H. The molecule has 1 heterocycles. The molecular weight excluding hydrogens is 232 g/mol. The van der Waals surface area contributed by atoms with E-state index in [4.69, 9.17) is 0 Å². The Morgan fingerprint density at radius 1 is 0.941 bits per heavy atom. The van der Waals surface area contributed by atoms with E-state index < -0.39 is 0 Å². The smallest absolute Gasteiger partial charge is 0.282 e. The maximum Gasteiger partial charge on any atom is 0.287 e. The Bertz CT molecular complexity index is 700. The van der Waals surface area contributed by atoms with Gasteiger partial charge in [0, 0.05) is 0 Å². The Morgan fingerprint density at radius 2 is 1.65 bits per heavy atom. The summed E-state index contributed by atoms with van der Waals surface area (Å²) >= 11 is 1.41. The summed E-state index contributed by atoms with van der Waals surface area (Å²) in [7, 11) is 0. The molecule has 0 saturated carbocycles. The molecule has 3 nitrogen and oxygen atoms in total. The van der Waals surface area contributed by atoms with Gasteiger partial charge in [-0.1, -0.05) is 30.3 Å². The summed E-state index contributed by atoms with van der Waals surface area (Å²) in [5.41, 5.74) is 3.98. The lowest BCUT2D eigenvalue weighted by molar-refractivity contribution is 1.03.